The Hall–Kier alpha value is -1.70. The summed E-state index contributed by atoms with van der Waals surface area (Å²) in [5.41, 5.74) is -2.22. The topological polar surface area (TPSA) is 110 Å². The predicted molar refractivity (Wildman–Crippen MR) is 117 cm³/mol. The lowest BCUT2D eigenvalue weighted by Gasteiger charge is -2.63. The zero-order valence-corrected chi connectivity index (χ0v) is 19.1. The molecule has 7 heteroatoms. The Kier molecular flexibility index (Phi) is 3.78. The van der Waals surface area contributed by atoms with Gasteiger partial charge in [0, 0.05) is 34.8 Å². The number of hydrogen-bond acceptors (Lipinski definition) is 7. The molecule has 4 aliphatic carbocycles. The first-order valence-electron chi connectivity index (χ1n) is 13.6. The van der Waals surface area contributed by atoms with Crippen molar-refractivity contribution in [3.8, 4) is 0 Å². The first-order valence-corrected chi connectivity index (χ1v) is 12.1. The molecule has 4 saturated carbocycles. The normalized spacial score (nSPS) is 53.9. The third-order valence-corrected chi connectivity index (χ3v) is 10.6. The molecule has 5 aliphatic rings. The minimum absolute atomic E-state index is 0.0939. The van der Waals surface area contributed by atoms with Gasteiger partial charge in [0.25, 0.3) is 0 Å². The molecule has 10 atom stereocenters. The Morgan fingerprint density at radius 2 is 1.91 bits per heavy atom. The zero-order chi connectivity index (χ0) is 25.9. The molecular formula is C26H34O7. The lowest BCUT2D eigenvalue weighted by molar-refractivity contribution is -0.224. The van der Waals surface area contributed by atoms with Gasteiger partial charge in [-0.15, -0.1) is 0 Å². The molecule has 1 saturated heterocycles. The second-order valence-electron chi connectivity index (χ2n) is 11.6. The van der Waals surface area contributed by atoms with Crippen molar-refractivity contribution in [2.75, 3.05) is 0 Å². The summed E-state index contributed by atoms with van der Waals surface area (Å²) < 4.78 is 40.0. The van der Waals surface area contributed by atoms with Gasteiger partial charge in [-0.05, 0) is 67.4 Å². The van der Waals surface area contributed by atoms with Crippen LogP contribution in [0.2, 0.25) is 0 Å². The Labute approximate surface area is 197 Å². The van der Waals surface area contributed by atoms with Crippen molar-refractivity contribution in [2.45, 2.75) is 101 Å². The Morgan fingerprint density at radius 1 is 1.15 bits per heavy atom. The first-order chi connectivity index (χ1) is 16.8. The molecule has 1 aromatic heterocycles. The largest absolute Gasteiger partial charge is 0.459 e. The summed E-state index contributed by atoms with van der Waals surface area (Å²) in [5, 5.41) is 22.0. The maximum atomic E-state index is 12.5. The predicted octanol–water partition coefficient (Wildman–Crippen LogP) is 2.91. The van der Waals surface area contributed by atoms with Crippen LogP contribution in [-0.2, 0) is 14.3 Å². The second kappa shape index (κ2) is 6.70. The third kappa shape index (κ3) is 2.62. The first kappa shape index (κ1) is 18.6. The fourth-order valence-electron chi connectivity index (χ4n) is 9.03. The van der Waals surface area contributed by atoms with Gasteiger partial charge in [-0.2, -0.15) is 0 Å². The van der Waals surface area contributed by atoms with E-state index in [2.05, 4.69) is 13.8 Å². The van der Waals surface area contributed by atoms with Gasteiger partial charge >= 0.3 is 11.6 Å². The van der Waals surface area contributed by atoms with Crippen LogP contribution in [0.15, 0.2) is 27.6 Å². The van der Waals surface area contributed by atoms with Crippen molar-refractivity contribution in [2.24, 2.45) is 22.7 Å². The van der Waals surface area contributed by atoms with Gasteiger partial charge in [0.2, 0.25) is 0 Å². The molecule has 0 bridgehead atoms. The van der Waals surface area contributed by atoms with E-state index in [0.717, 1.165) is 19.3 Å². The summed E-state index contributed by atoms with van der Waals surface area (Å²) >= 11 is 0. The van der Waals surface area contributed by atoms with Gasteiger partial charge in [0.1, 0.15) is 17.8 Å². The van der Waals surface area contributed by atoms with Crippen LogP contribution in [0, 0.1) is 22.7 Å². The van der Waals surface area contributed by atoms with Gasteiger partial charge in [-0.1, -0.05) is 13.8 Å². The average Bonchev–Trinajstić information content (AvgIpc) is 3.49. The lowest BCUT2D eigenvalue weighted by Crippen LogP contribution is -2.65. The number of aliphatic hydroxyl groups excluding tert-OH is 1. The molecular weight excluding hydrogens is 424 g/mol. The second-order valence-corrected chi connectivity index (χ2v) is 11.6. The van der Waals surface area contributed by atoms with Crippen molar-refractivity contribution in [3.63, 3.8) is 0 Å². The van der Waals surface area contributed by atoms with E-state index in [4.69, 9.17) is 18.0 Å². The van der Waals surface area contributed by atoms with E-state index < -0.39 is 59.3 Å². The summed E-state index contributed by atoms with van der Waals surface area (Å²) in [6.45, 7) is 1.37. The van der Waals surface area contributed by atoms with Gasteiger partial charge in [0.05, 0.1) is 18.0 Å². The Balaban J connectivity index is 1.41. The number of carbonyl (C=O) groups excluding carboxylic acids is 1. The quantitative estimate of drug-likeness (QED) is 0.515. The number of fused-ring (bicyclic) bond motifs is 3. The molecule has 7 nitrogen and oxygen atoms in total. The monoisotopic (exact) mass is 461 g/mol. The third-order valence-electron chi connectivity index (χ3n) is 10.6. The number of carbonyl (C=O) groups is 1. The molecule has 2 N–H and O–H groups in total. The molecule has 0 amide bonds. The SMILES string of the molecule is [2H]C([2H])([2H])C(=O)O[C@H]1[C@H]2O[C@]23[C@@H]2CC[C@]4(O)C[C@@H](O)CC[C@]4(C)[C@H]2CC[C@]3(C)[C@H]1c1ccc(=O)oc1. The maximum Gasteiger partial charge on any atom is 0.335 e. The van der Waals surface area contributed by atoms with E-state index in [0.29, 0.717) is 31.2 Å². The van der Waals surface area contributed by atoms with Crippen molar-refractivity contribution < 1.29 is 33.0 Å². The molecule has 180 valence electrons. The summed E-state index contributed by atoms with van der Waals surface area (Å²) in [6.07, 6.45) is 4.20. The van der Waals surface area contributed by atoms with E-state index in [-0.39, 0.29) is 17.3 Å². The van der Waals surface area contributed by atoms with Crippen LogP contribution in [0.4, 0.5) is 0 Å². The summed E-state index contributed by atoms with van der Waals surface area (Å²) in [4.78, 5) is 24.2. The Morgan fingerprint density at radius 3 is 2.64 bits per heavy atom. The van der Waals surface area contributed by atoms with Gasteiger partial charge in [0.15, 0.2) is 0 Å². The minimum atomic E-state index is -2.90. The van der Waals surface area contributed by atoms with E-state index in [1.807, 2.05) is 0 Å². The molecule has 1 spiro atoms. The van der Waals surface area contributed by atoms with Crippen LogP contribution in [-0.4, -0.2) is 45.7 Å². The minimum Gasteiger partial charge on any atom is -0.459 e. The number of epoxide rings is 1. The molecule has 0 radical (unpaired) electrons. The molecule has 0 aromatic carbocycles. The summed E-state index contributed by atoms with van der Waals surface area (Å²) in [7, 11) is 0. The van der Waals surface area contributed by atoms with Gasteiger partial charge in [-0.25, -0.2) is 4.79 Å². The van der Waals surface area contributed by atoms with Crippen LogP contribution in [0.25, 0.3) is 0 Å². The van der Waals surface area contributed by atoms with Crippen molar-refractivity contribution in [1.82, 2.24) is 0 Å². The lowest BCUT2D eigenvalue weighted by atomic mass is 9.42. The Bertz CT molecular complexity index is 1130. The summed E-state index contributed by atoms with van der Waals surface area (Å²) in [5.74, 6) is -1.40. The molecule has 5 fully saturated rings. The molecule has 2 heterocycles. The van der Waals surface area contributed by atoms with Crippen molar-refractivity contribution in [3.05, 3.63) is 34.4 Å². The fourth-order valence-corrected chi connectivity index (χ4v) is 9.03. The van der Waals surface area contributed by atoms with Crippen LogP contribution < -0.4 is 5.63 Å². The number of hydrogen-bond donors (Lipinski definition) is 2. The highest BCUT2D eigenvalue weighted by molar-refractivity contribution is 5.66. The van der Waals surface area contributed by atoms with Crippen LogP contribution in [0.3, 0.4) is 0 Å². The maximum absolute atomic E-state index is 12.5. The van der Waals surface area contributed by atoms with E-state index in [9.17, 15) is 19.8 Å². The van der Waals surface area contributed by atoms with Gasteiger partial charge < -0.3 is 24.1 Å². The van der Waals surface area contributed by atoms with E-state index in [1.165, 1.54) is 12.3 Å². The molecule has 1 aliphatic heterocycles. The van der Waals surface area contributed by atoms with Gasteiger partial charge in [-0.3, -0.25) is 4.79 Å². The van der Waals surface area contributed by atoms with E-state index in [1.54, 1.807) is 6.07 Å². The van der Waals surface area contributed by atoms with Crippen molar-refractivity contribution >= 4 is 5.97 Å². The number of rotatable bonds is 2. The van der Waals surface area contributed by atoms with Crippen LogP contribution in [0.5, 0.6) is 0 Å². The van der Waals surface area contributed by atoms with Crippen LogP contribution in [0.1, 0.15) is 81.2 Å². The number of esters is 1. The molecule has 6 rings (SSSR count). The molecule has 0 unspecified atom stereocenters. The average molecular weight is 462 g/mol. The smallest absolute Gasteiger partial charge is 0.335 e. The fraction of sp³-hybridized carbons (Fsp3) is 0.769. The number of aliphatic hydroxyl groups is 2. The van der Waals surface area contributed by atoms with E-state index >= 15 is 0 Å². The van der Waals surface area contributed by atoms with Crippen LogP contribution >= 0.6 is 0 Å². The molecule has 1 aromatic rings. The highest BCUT2D eigenvalue weighted by atomic mass is 16.7. The highest BCUT2D eigenvalue weighted by Gasteiger charge is 2.85. The zero-order valence-electron chi connectivity index (χ0n) is 22.1. The van der Waals surface area contributed by atoms with Crippen molar-refractivity contribution in [1.29, 1.82) is 0 Å². The number of ether oxygens (including phenoxy) is 2. The highest BCUT2D eigenvalue weighted by Crippen LogP contribution is 2.78. The summed E-state index contributed by atoms with van der Waals surface area (Å²) in [6, 6.07) is 3.01. The molecule has 33 heavy (non-hydrogen) atoms. The standard InChI is InChI=1S/C26H34O7/c1-14(27)32-21-20(15-4-5-19(29)31-13-15)24(3)10-7-17-18(26(24)22(21)33-26)8-11-25(30)12-16(28)6-9-23(17,25)2/h4-5,13,16-18,20-22,28,30H,6-12H2,1-3H3/t16-,17-,18+,20-,21+,22+,23+,24+,25-,26+/m0/s1/i1D3.